The van der Waals surface area contributed by atoms with Gasteiger partial charge in [0.1, 0.15) is 0 Å². The number of carboxylic acids is 1. The smallest absolute Gasteiger partial charge is 0.315 e. The van der Waals surface area contributed by atoms with Gasteiger partial charge in [0, 0.05) is 18.5 Å². The van der Waals surface area contributed by atoms with Crippen LogP contribution >= 0.6 is 0 Å². The zero-order chi connectivity index (χ0) is 13.6. The van der Waals surface area contributed by atoms with Crippen LogP contribution in [-0.4, -0.2) is 29.2 Å². The van der Waals surface area contributed by atoms with Crippen LogP contribution in [0.25, 0.3) is 0 Å². The number of rotatable bonds is 6. The Morgan fingerprint density at radius 2 is 1.94 bits per heavy atom. The molecule has 1 aliphatic rings. The third kappa shape index (κ3) is 5.38. The summed E-state index contributed by atoms with van der Waals surface area (Å²) in [4.78, 5) is 22.1. The lowest BCUT2D eigenvalue weighted by molar-refractivity contribution is -0.137. The van der Waals surface area contributed by atoms with E-state index in [1.54, 1.807) is 0 Å². The second-order valence-electron chi connectivity index (χ2n) is 5.64. The van der Waals surface area contributed by atoms with Crippen molar-refractivity contribution < 1.29 is 14.7 Å². The minimum Gasteiger partial charge on any atom is -0.481 e. The van der Waals surface area contributed by atoms with E-state index in [4.69, 9.17) is 5.11 Å². The summed E-state index contributed by atoms with van der Waals surface area (Å²) in [6.45, 7) is 4.54. The third-order valence-electron chi connectivity index (χ3n) is 3.58. The molecule has 0 aromatic heterocycles. The molecule has 0 radical (unpaired) electrons. The van der Waals surface area contributed by atoms with Gasteiger partial charge >= 0.3 is 12.0 Å². The Balaban J connectivity index is 2.18. The fraction of sp³-hybridized carbons (Fsp3) is 0.846. The van der Waals surface area contributed by atoms with Gasteiger partial charge in [-0.2, -0.15) is 0 Å². The van der Waals surface area contributed by atoms with E-state index in [9.17, 15) is 9.59 Å². The van der Waals surface area contributed by atoms with Gasteiger partial charge in [-0.1, -0.05) is 19.8 Å². The molecule has 0 aromatic rings. The van der Waals surface area contributed by atoms with E-state index in [-0.39, 0.29) is 23.9 Å². The van der Waals surface area contributed by atoms with Crippen molar-refractivity contribution in [2.24, 2.45) is 5.92 Å². The van der Waals surface area contributed by atoms with Gasteiger partial charge in [-0.15, -0.1) is 0 Å². The van der Waals surface area contributed by atoms with Crippen LogP contribution in [0.5, 0.6) is 0 Å². The van der Waals surface area contributed by atoms with Crippen molar-refractivity contribution in [2.45, 2.75) is 57.9 Å². The first kappa shape index (κ1) is 14.8. The Bertz CT molecular complexity index is 299. The predicted octanol–water partition coefficient (Wildman–Crippen LogP) is 2.12. The van der Waals surface area contributed by atoms with Crippen molar-refractivity contribution >= 4 is 12.0 Å². The highest BCUT2D eigenvalue weighted by Gasteiger charge is 2.29. The Kier molecular flexibility index (Phi) is 5.44. The van der Waals surface area contributed by atoms with Crippen LogP contribution in [0, 0.1) is 5.92 Å². The van der Waals surface area contributed by atoms with Crippen molar-refractivity contribution in [2.75, 3.05) is 6.54 Å². The molecule has 0 saturated heterocycles. The van der Waals surface area contributed by atoms with Crippen molar-refractivity contribution in [1.82, 2.24) is 10.6 Å². The van der Waals surface area contributed by atoms with Gasteiger partial charge in [-0.3, -0.25) is 4.79 Å². The van der Waals surface area contributed by atoms with E-state index in [1.807, 2.05) is 6.92 Å². The van der Waals surface area contributed by atoms with E-state index in [2.05, 4.69) is 17.6 Å². The predicted molar refractivity (Wildman–Crippen MR) is 69.4 cm³/mol. The largest absolute Gasteiger partial charge is 0.481 e. The summed E-state index contributed by atoms with van der Waals surface area (Å²) in [7, 11) is 0. The number of hydrogen-bond acceptors (Lipinski definition) is 2. The molecule has 0 spiro atoms. The molecule has 5 nitrogen and oxygen atoms in total. The second kappa shape index (κ2) is 6.61. The quantitative estimate of drug-likeness (QED) is 0.681. The first-order valence-electron chi connectivity index (χ1n) is 6.69. The molecule has 18 heavy (non-hydrogen) atoms. The van der Waals surface area contributed by atoms with Gasteiger partial charge in [0.05, 0.1) is 0 Å². The van der Waals surface area contributed by atoms with E-state index >= 15 is 0 Å². The summed E-state index contributed by atoms with van der Waals surface area (Å²) < 4.78 is 0. The van der Waals surface area contributed by atoms with Crippen LogP contribution in [0.2, 0.25) is 0 Å². The average molecular weight is 256 g/mol. The molecule has 0 aliphatic heterocycles. The van der Waals surface area contributed by atoms with Gasteiger partial charge in [0.2, 0.25) is 0 Å². The molecule has 104 valence electrons. The van der Waals surface area contributed by atoms with Crippen LogP contribution in [0.1, 0.15) is 52.4 Å². The monoisotopic (exact) mass is 256 g/mol. The van der Waals surface area contributed by atoms with Crippen LogP contribution < -0.4 is 10.6 Å². The molecule has 1 saturated carbocycles. The van der Waals surface area contributed by atoms with Crippen LogP contribution in [0.4, 0.5) is 4.79 Å². The maximum Gasteiger partial charge on any atom is 0.315 e. The molecule has 0 aromatic carbocycles. The van der Waals surface area contributed by atoms with Crippen molar-refractivity contribution in [3.05, 3.63) is 0 Å². The average Bonchev–Trinajstić information content (AvgIpc) is 2.70. The van der Waals surface area contributed by atoms with Gasteiger partial charge < -0.3 is 15.7 Å². The van der Waals surface area contributed by atoms with E-state index in [0.717, 1.165) is 12.8 Å². The number of nitrogens with one attached hydrogen (secondary N) is 2. The Morgan fingerprint density at radius 3 is 2.50 bits per heavy atom. The number of aliphatic carboxylic acids is 1. The highest BCUT2D eigenvalue weighted by molar-refractivity contribution is 5.74. The molecule has 1 unspecified atom stereocenters. The fourth-order valence-electron chi connectivity index (χ4n) is 2.34. The van der Waals surface area contributed by atoms with Gasteiger partial charge in [0.15, 0.2) is 0 Å². The zero-order valence-corrected chi connectivity index (χ0v) is 11.3. The highest BCUT2D eigenvalue weighted by Crippen LogP contribution is 2.28. The summed E-state index contributed by atoms with van der Waals surface area (Å²) in [5.74, 6) is -0.604. The zero-order valence-electron chi connectivity index (χ0n) is 11.3. The Morgan fingerprint density at radius 1 is 1.33 bits per heavy atom. The molecular formula is C13H24N2O3. The number of carbonyl (C=O) groups is 2. The Labute approximate surface area is 108 Å². The number of carbonyl (C=O) groups excluding carboxylic acids is 1. The van der Waals surface area contributed by atoms with Crippen LogP contribution in [0.3, 0.4) is 0 Å². The maximum atomic E-state index is 11.7. The minimum absolute atomic E-state index is 0.0611. The first-order valence-corrected chi connectivity index (χ1v) is 6.69. The van der Waals surface area contributed by atoms with E-state index < -0.39 is 5.97 Å². The SMILES string of the molecule is CC(CCC(=O)O)CNC(=O)NC1(C)CCCC1. The molecule has 3 N–H and O–H groups in total. The number of hydrogen-bond donors (Lipinski definition) is 3. The van der Waals surface area contributed by atoms with Crippen LogP contribution in [0.15, 0.2) is 0 Å². The van der Waals surface area contributed by atoms with E-state index in [1.165, 1.54) is 12.8 Å². The number of carboxylic acid groups (broad SMARTS) is 1. The molecular weight excluding hydrogens is 232 g/mol. The lowest BCUT2D eigenvalue weighted by atomic mass is 10.0. The second-order valence-corrected chi connectivity index (χ2v) is 5.64. The Hall–Kier alpha value is -1.26. The minimum atomic E-state index is -0.787. The summed E-state index contributed by atoms with van der Waals surface area (Å²) in [6.07, 6.45) is 5.16. The molecule has 0 bridgehead atoms. The molecule has 1 atom stereocenters. The fourth-order valence-corrected chi connectivity index (χ4v) is 2.34. The molecule has 1 rings (SSSR count). The standard InChI is InChI=1S/C13H24N2O3/c1-10(5-6-11(16)17)9-14-12(18)15-13(2)7-3-4-8-13/h10H,3-9H2,1-2H3,(H,16,17)(H2,14,15,18). The lowest BCUT2D eigenvalue weighted by Gasteiger charge is -2.25. The first-order chi connectivity index (χ1) is 8.41. The van der Waals surface area contributed by atoms with Gasteiger partial charge in [-0.05, 0) is 32.1 Å². The van der Waals surface area contributed by atoms with Crippen molar-refractivity contribution in [3.8, 4) is 0 Å². The number of urea groups is 1. The highest BCUT2D eigenvalue weighted by atomic mass is 16.4. The molecule has 2 amide bonds. The van der Waals surface area contributed by atoms with Crippen molar-refractivity contribution in [1.29, 1.82) is 0 Å². The summed E-state index contributed by atoms with van der Waals surface area (Å²) >= 11 is 0. The summed E-state index contributed by atoms with van der Waals surface area (Å²) in [5, 5.41) is 14.4. The lowest BCUT2D eigenvalue weighted by Crippen LogP contribution is -2.49. The third-order valence-corrected chi connectivity index (χ3v) is 3.58. The number of amides is 2. The molecule has 0 heterocycles. The van der Waals surface area contributed by atoms with E-state index in [0.29, 0.717) is 13.0 Å². The summed E-state index contributed by atoms with van der Waals surface area (Å²) in [6, 6.07) is -0.137. The van der Waals surface area contributed by atoms with Gasteiger partial charge in [-0.25, -0.2) is 4.79 Å². The topological polar surface area (TPSA) is 78.4 Å². The molecule has 5 heteroatoms. The van der Waals surface area contributed by atoms with Gasteiger partial charge in [0.25, 0.3) is 0 Å². The normalized spacial score (nSPS) is 19.2. The molecule has 1 aliphatic carbocycles. The van der Waals surface area contributed by atoms with Crippen molar-refractivity contribution in [3.63, 3.8) is 0 Å². The van der Waals surface area contributed by atoms with Crippen LogP contribution in [-0.2, 0) is 4.79 Å². The maximum absolute atomic E-state index is 11.7. The molecule has 1 fully saturated rings. The summed E-state index contributed by atoms with van der Waals surface area (Å²) in [5.41, 5.74) is -0.0611.